The highest BCUT2D eigenvalue weighted by Gasteiger charge is 2.73. The van der Waals surface area contributed by atoms with Gasteiger partial charge in [0.15, 0.2) is 0 Å². The molecule has 0 spiro atoms. The summed E-state index contributed by atoms with van der Waals surface area (Å²) in [7, 11) is 0. The number of aliphatic carboxylic acids is 2. The summed E-state index contributed by atoms with van der Waals surface area (Å²) >= 11 is 2.87. The summed E-state index contributed by atoms with van der Waals surface area (Å²) < 4.78 is 5.45. The monoisotopic (exact) mass is 510 g/mol. The van der Waals surface area contributed by atoms with Crippen LogP contribution in [0.2, 0.25) is 0 Å². The number of carboxylic acid groups (broad SMARTS) is 2. The Morgan fingerprint density at radius 2 is 1.09 bits per heavy atom. The number of benzene rings is 2. The van der Waals surface area contributed by atoms with Crippen molar-refractivity contribution in [3.05, 3.63) is 59.7 Å². The van der Waals surface area contributed by atoms with Gasteiger partial charge in [-0.25, -0.2) is 0 Å². The van der Waals surface area contributed by atoms with Crippen LogP contribution >= 0.6 is 23.5 Å². The summed E-state index contributed by atoms with van der Waals surface area (Å²) in [5, 5.41) is 19.3. The molecule has 2 aliphatic carbocycles. The van der Waals surface area contributed by atoms with E-state index in [4.69, 9.17) is 4.74 Å². The van der Waals surface area contributed by atoms with Crippen molar-refractivity contribution in [2.45, 2.75) is 46.0 Å². The van der Waals surface area contributed by atoms with E-state index in [9.17, 15) is 29.4 Å². The van der Waals surface area contributed by atoms with E-state index in [2.05, 4.69) is 0 Å². The van der Waals surface area contributed by atoms with Crippen molar-refractivity contribution >= 4 is 47.4 Å². The lowest BCUT2D eigenvalue weighted by molar-refractivity contribution is -0.194. The van der Waals surface area contributed by atoms with Gasteiger partial charge in [-0.1, -0.05) is 36.4 Å². The van der Waals surface area contributed by atoms with Gasteiger partial charge in [-0.15, -0.1) is 23.5 Å². The molecule has 2 saturated carbocycles. The first-order valence-electron chi connectivity index (χ1n) is 11.3. The second-order valence-corrected chi connectivity index (χ2v) is 12.5. The third kappa shape index (κ3) is 2.71. The van der Waals surface area contributed by atoms with Gasteiger partial charge in [0, 0.05) is 32.1 Å². The van der Waals surface area contributed by atoms with Gasteiger partial charge >= 0.3 is 23.9 Å². The van der Waals surface area contributed by atoms with E-state index in [1.54, 1.807) is 13.8 Å². The molecule has 2 aromatic rings. The van der Waals surface area contributed by atoms with E-state index >= 15 is 0 Å². The standard InChI is InChI=1S/C26H22O7S2/c1-25(15-11-7-3-5-9-13(11)34-19(15)17(25)21(27)28)23(31)33-24(32)26(2)16-12-8-4-6-10-14(12)35-20(16)18(26)22(29)30/h3-10,15-20H,1-2H3,(H,27,28)(H,29,30). The molecule has 0 amide bonds. The van der Waals surface area contributed by atoms with Crippen LogP contribution in [0.5, 0.6) is 0 Å². The fraction of sp³-hybridized carbons (Fsp3) is 0.385. The maximum absolute atomic E-state index is 13.6. The first kappa shape index (κ1) is 22.7. The third-order valence-corrected chi connectivity index (χ3v) is 11.4. The molecule has 8 atom stereocenters. The number of carboxylic acids is 2. The van der Waals surface area contributed by atoms with Gasteiger partial charge in [0.1, 0.15) is 0 Å². The first-order chi connectivity index (χ1) is 16.6. The number of carbonyl (C=O) groups excluding carboxylic acids is 2. The van der Waals surface area contributed by atoms with Gasteiger partial charge in [-0.05, 0) is 37.1 Å². The zero-order valence-electron chi connectivity index (χ0n) is 18.8. The molecule has 2 aliphatic heterocycles. The van der Waals surface area contributed by atoms with Gasteiger partial charge in [0.25, 0.3) is 0 Å². The van der Waals surface area contributed by atoms with Crippen LogP contribution in [-0.2, 0) is 23.9 Å². The van der Waals surface area contributed by atoms with Gasteiger partial charge in [0.05, 0.1) is 22.7 Å². The minimum atomic E-state index is -1.44. The molecule has 6 rings (SSSR count). The van der Waals surface area contributed by atoms with Crippen molar-refractivity contribution < 1.29 is 34.1 Å². The molecule has 4 aliphatic rings. The smallest absolute Gasteiger partial charge is 0.321 e. The van der Waals surface area contributed by atoms with E-state index in [1.165, 1.54) is 23.5 Å². The van der Waals surface area contributed by atoms with Crippen LogP contribution in [0, 0.1) is 22.7 Å². The molecule has 8 unspecified atom stereocenters. The summed E-state index contributed by atoms with van der Waals surface area (Å²) in [6, 6.07) is 15.0. The Hall–Kier alpha value is -2.78. The molecule has 2 heterocycles. The third-order valence-electron chi connectivity index (χ3n) is 8.53. The molecule has 0 saturated heterocycles. The number of carbonyl (C=O) groups is 4. The Balaban J connectivity index is 1.33. The molecule has 0 bridgehead atoms. The van der Waals surface area contributed by atoms with Gasteiger partial charge in [-0.2, -0.15) is 0 Å². The maximum Gasteiger partial charge on any atom is 0.321 e. The highest BCUT2D eigenvalue weighted by Crippen LogP contribution is 2.70. The lowest BCUT2D eigenvalue weighted by Gasteiger charge is -2.54. The van der Waals surface area contributed by atoms with E-state index in [0.717, 1.165) is 20.9 Å². The van der Waals surface area contributed by atoms with Crippen molar-refractivity contribution in [2.75, 3.05) is 0 Å². The molecule has 2 fully saturated rings. The average Bonchev–Trinajstić information content (AvgIpc) is 3.31. The number of esters is 2. The largest absolute Gasteiger partial charge is 0.481 e. The molecule has 2 aromatic carbocycles. The van der Waals surface area contributed by atoms with Crippen molar-refractivity contribution in [3.8, 4) is 0 Å². The van der Waals surface area contributed by atoms with E-state index < -0.39 is 58.4 Å². The zero-order chi connectivity index (χ0) is 24.9. The van der Waals surface area contributed by atoms with Crippen LogP contribution in [0.3, 0.4) is 0 Å². The molecule has 0 radical (unpaired) electrons. The molecule has 7 nitrogen and oxygen atoms in total. The minimum absolute atomic E-state index is 0.328. The summed E-state index contributed by atoms with van der Waals surface area (Å²) in [5.41, 5.74) is -1.11. The van der Waals surface area contributed by atoms with Crippen LogP contribution in [0.25, 0.3) is 0 Å². The molecular weight excluding hydrogens is 488 g/mol. The number of hydrogen-bond acceptors (Lipinski definition) is 7. The number of ether oxygens (including phenoxy) is 1. The topological polar surface area (TPSA) is 118 Å². The Labute approximate surface area is 209 Å². The normalized spacial score (nSPS) is 37.5. The van der Waals surface area contributed by atoms with E-state index in [1.807, 2.05) is 48.5 Å². The van der Waals surface area contributed by atoms with Crippen molar-refractivity contribution in [2.24, 2.45) is 22.7 Å². The van der Waals surface area contributed by atoms with Crippen molar-refractivity contribution in [1.29, 1.82) is 0 Å². The molecular formula is C26H22O7S2. The molecule has 0 aromatic heterocycles. The molecule has 9 heteroatoms. The summed E-state index contributed by atoms with van der Waals surface area (Å²) in [4.78, 5) is 53.3. The van der Waals surface area contributed by atoms with Gasteiger partial charge in [-0.3, -0.25) is 19.2 Å². The lowest BCUT2D eigenvalue weighted by Crippen LogP contribution is -2.64. The van der Waals surface area contributed by atoms with E-state index in [0.29, 0.717) is 0 Å². The number of rotatable bonds is 4. The van der Waals surface area contributed by atoms with Crippen LogP contribution in [0.1, 0.15) is 36.8 Å². The zero-order valence-corrected chi connectivity index (χ0v) is 20.5. The van der Waals surface area contributed by atoms with Crippen LogP contribution < -0.4 is 0 Å². The fourth-order valence-electron chi connectivity index (χ4n) is 6.76. The van der Waals surface area contributed by atoms with Crippen LogP contribution in [0.4, 0.5) is 0 Å². The van der Waals surface area contributed by atoms with Gasteiger partial charge < -0.3 is 14.9 Å². The Morgan fingerprint density at radius 3 is 1.46 bits per heavy atom. The second-order valence-electron chi connectivity index (χ2n) is 10.1. The summed E-state index contributed by atoms with van der Waals surface area (Å²) in [6.07, 6.45) is 0. The highest BCUT2D eigenvalue weighted by atomic mass is 32.2. The highest BCUT2D eigenvalue weighted by molar-refractivity contribution is 8.00. The predicted molar refractivity (Wildman–Crippen MR) is 127 cm³/mol. The molecule has 35 heavy (non-hydrogen) atoms. The van der Waals surface area contributed by atoms with E-state index in [-0.39, 0.29) is 10.5 Å². The Kier molecular flexibility index (Phi) is 4.77. The molecule has 2 N–H and O–H groups in total. The number of fused-ring (bicyclic) bond motifs is 6. The minimum Gasteiger partial charge on any atom is -0.481 e. The SMILES string of the molecule is CC1(C(=O)OC(=O)C2(C)C(C(=O)O)C3Sc4ccccc4C32)C(C(=O)O)C2Sc3ccccc3C21. The quantitative estimate of drug-likeness (QED) is 0.464. The number of thioether (sulfide) groups is 2. The fourth-order valence-corrected chi connectivity index (χ4v) is 10.5. The van der Waals surface area contributed by atoms with Crippen LogP contribution in [0.15, 0.2) is 58.3 Å². The summed E-state index contributed by atoms with van der Waals surface area (Å²) in [5.74, 6) is -6.87. The predicted octanol–water partition coefficient (Wildman–Crippen LogP) is 4.01. The first-order valence-corrected chi connectivity index (χ1v) is 13.1. The number of hydrogen-bond donors (Lipinski definition) is 2. The average molecular weight is 511 g/mol. The van der Waals surface area contributed by atoms with Crippen molar-refractivity contribution in [3.63, 3.8) is 0 Å². The van der Waals surface area contributed by atoms with Crippen molar-refractivity contribution in [1.82, 2.24) is 0 Å². The Morgan fingerprint density at radius 1 is 0.714 bits per heavy atom. The lowest BCUT2D eigenvalue weighted by atomic mass is 9.50. The van der Waals surface area contributed by atoms with Gasteiger partial charge in [0.2, 0.25) is 0 Å². The Bertz CT molecular complexity index is 1220. The summed E-state index contributed by atoms with van der Waals surface area (Å²) in [6.45, 7) is 3.10. The second kappa shape index (κ2) is 7.36. The maximum atomic E-state index is 13.6. The molecule has 180 valence electrons. The van der Waals surface area contributed by atoms with Crippen LogP contribution in [-0.4, -0.2) is 44.6 Å².